The Labute approximate surface area is 284 Å². The number of para-hydroxylation sites is 4. The van der Waals surface area contributed by atoms with Gasteiger partial charge in [-0.25, -0.2) is 4.98 Å². The van der Waals surface area contributed by atoms with Crippen LogP contribution in [0.3, 0.4) is 0 Å². The molecule has 236 valence electrons. The van der Waals surface area contributed by atoms with E-state index in [9.17, 15) is 0 Å². The first kappa shape index (κ1) is 26.6. The number of benzene rings is 5. The van der Waals surface area contributed by atoms with Crippen LogP contribution in [0.2, 0.25) is 0 Å². The Bertz CT molecular complexity index is 2580. The molecule has 4 heterocycles. The molecule has 4 saturated carbocycles. The van der Waals surface area contributed by atoms with E-state index in [1.54, 1.807) is 11.1 Å². The van der Waals surface area contributed by atoms with Gasteiger partial charge in [0.2, 0.25) is 5.71 Å². The standard InChI is InChI=1S/C45H35N3O/c1-5-13-37-32(9-1)34-26-31(17-18-38(34)48(37)41-19-20-46-44-43(41)33-10-2-8-16-42(33)49-44)47-39-14-6-3-11-35(39)45(36-12-4-7-15-40(36)47)29-22-27-21-28(24-29)25-30(45)23-27/h1-20,26-30H,21-25H2/t27-,28+,29-,30?. The van der Waals surface area contributed by atoms with Crippen LogP contribution in [0.1, 0.15) is 43.2 Å². The normalized spacial score (nSPS) is 23.2. The van der Waals surface area contributed by atoms with E-state index in [1.165, 1.54) is 71.0 Å². The number of hydrogen-bond donors (Lipinski definition) is 0. The Morgan fingerprint density at radius 1 is 0.571 bits per heavy atom. The zero-order valence-electron chi connectivity index (χ0n) is 27.2. The lowest BCUT2D eigenvalue weighted by atomic mass is 9.41. The van der Waals surface area contributed by atoms with Crippen molar-refractivity contribution < 1.29 is 4.42 Å². The van der Waals surface area contributed by atoms with E-state index in [0.29, 0.717) is 5.71 Å². The van der Waals surface area contributed by atoms with Gasteiger partial charge in [0, 0.05) is 33.5 Å². The molecule has 0 saturated heterocycles. The lowest BCUT2D eigenvalue weighted by molar-refractivity contribution is -0.0419. The average Bonchev–Trinajstić information content (AvgIpc) is 3.69. The van der Waals surface area contributed by atoms with Crippen molar-refractivity contribution in [1.29, 1.82) is 0 Å². The lowest BCUT2D eigenvalue weighted by Crippen LogP contribution is -2.57. The molecule has 8 aromatic rings. The fraction of sp³-hybridized carbons (Fsp3) is 0.222. The average molecular weight is 634 g/mol. The van der Waals surface area contributed by atoms with Crippen molar-refractivity contribution in [2.75, 3.05) is 4.90 Å². The highest BCUT2D eigenvalue weighted by atomic mass is 16.3. The molecular formula is C45H35N3O. The highest BCUT2D eigenvalue weighted by Gasteiger charge is 2.61. The molecule has 1 aliphatic heterocycles. The number of rotatable bonds is 2. The van der Waals surface area contributed by atoms with Crippen LogP contribution in [0, 0.1) is 23.7 Å². The Balaban J connectivity index is 1.10. The molecular weight excluding hydrogens is 599 g/mol. The van der Waals surface area contributed by atoms with Crippen LogP contribution in [0.25, 0.3) is 49.6 Å². The number of hydrogen-bond acceptors (Lipinski definition) is 3. The molecule has 4 heteroatoms. The van der Waals surface area contributed by atoms with Crippen molar-refractivity contribution in [3.05, 3.63) is 139 Å². The minimum absolute atomic E-state index is 0.108. The molecule has 0 unspecified atom stereocenters. The minimum Gasteiger partial charge on any atom is -0.438 e. The van der Waals surface area contributed by atoms with Gasteiger partial charge in [0.25, 0.3) is 0 Å². The van der Waals surface area contributed by atoms with Crippen molar-refractivity contribution in [2.24, 2.45) is 23.7 Å². The van der Waals surface area contributed by atoms with Crippen LogP contribution in [-0.4, -0.2) is 9.55 Å². The fourth-order valence-corrected chi connectivity index (χ4v) is 11.6. The Morgan fingerprint density at radius 3 is 1.96 bits per heavy atom. The third-order valence-electron chi connectivity index (χ3n) is 13.0. The van der Waals surface area contributed by atoms with Crippen molar-refractivity contribution in [3.63, 3.8) is 0 Å². The zero-order valence-corrected chi connectivity index (χ0v) is 27.2. The van der Waals surface area contributed by atoms with Gasteiger partial charge in [0.05, 0.1) is 33.5 Å². The van der Waals surface area contributed by atoms with Crippen LogP contribution < -0.4 is 4.90 Å². The van der Waals surface area contributed by atoms with Gasteiger partial charge < -0.3 is 13.9 Å². The molecule has 0 amide bonds. The van der Waals surface area contributed by atoms with Gasteiger partial charge in [0.1, 0.15) is 5.58 Å². The van der Waals surface area contributed by atoms with Gasteiger partial charge in [-0.15, -0.1) is 0 Å². The van der Waals surface area contributed by atoms with Gasteiger partial charge >= 0.3 is 0 Å². The van der Waals surface area contributed by atoms with Gasteiger partial charge in [-0.3, -0.25) is 0 Å². The van der Waals surface area contributed by atoms with E-state index in [-0.39, 0.29) is 5.41 Å². The quantitative estimate of drug-likeness (QED) is 0.190. The van der Waals surface area contributed by atoms with Crippen LogP contribution in [0.5, 0.6) is 0 Å². The largest absolute Gasteiger partial charge is 0.438 e. The first-order valence-corrected chi connectivity index (χ1v) is 18.1. The predicted octanol–water partition coefficient (Wildman–Crippen LogP) is 11.6. The molecule has 4 bridgehead atoms. The Kier molecular flexibility index (Phi) is 5.11. The summed E-state index contributed by atoms with van der Waals surface area (Å²) in [6.45, 7) is 0. The maximum atomic E-state index is 6.23. The van der Waals surface area contributed by atoms with E-state index in [4.69, 9.17) is 4.42 Å². The molecule has 4 nitrogen and oxygen atoms in total. The van der Waals surface area contributed by atoms with Crippen molar-refractivity contribution in [2.45, 2.75) is 37.5 Å². The maximum Gasteiger partial charge on any atom is 0.229 e. The minimum atomic E-state index is 0.108. The van der Waals surface area contributed by atoms with E-state index in [0.717, 1.165) is 45.7 Å². The number of anilines is 3. The molecule has 5 aliphatic rings. The molecule has 4 aliphatic carbocycles. The number of pyridine rings is 1. The summed E-state index contributed by atoms with van der Waals surface area (Å²) in [5.74, 6) is 3.30. The summed E-state index contributed by atoms with van der Waals surface area (Å²) >= 11 is 0. The molecule has 5 aromatic carbocycles. The summed E-state index contributed by atoms with van der Waals surface area (Å²) < 4.78 is 8.64. The summed E-state index contributed by atoms with van der Waals surface area (Å²) in [5.41, 5.74) is 12.1. The third kappa shape index (κ3) is 3.32. The summed E-state index contributed by atoms with van der Waals surface area (Å²) in [7, 11) is 0. The molecule has 13 rings (SSSR count). The number of nitrogens with zero attached hydrogens (tertiary/aromatic N) is 3. The SMILES string of the molecule is c1ccc2c(c1)N(c1ccc3c(c1)c1ccccc1n3-c1ccnc3oc4ccccc4c13)c1ccccc1C21C2C[C@H]3C[C@@H](C2)C[C@@H]1C3. The van der Waals surface area contributed by atoms with Gasteiger partial charge in [-0.05, 0) is 115 Å². The van der Waals surface area contributed by atoms with Crippen LogP contribution in [0.4, 0.5) is 17.1 Å². The van der Waals surface area contributed by atoms with Gasteiger partial charge in [-0.1, -0.05) is 72.8 Å². The smallest absolute Gasteiger partial charge is 0.229 e. The summed E-state index contributed by atoms with van der Waals surface area (Å²) in [6.07, 6.45) is 8.87. The van der Waals surface area contributed by atoms with Crippen LogP contribution >= 0.6 is 0 Å². The molecule has 0 radical (unpaired) electrons. The second-order valence-corrected chi connectivity index (χ2v) is 15.2. The van der Waals surface area contributed by atoms with Crippen molar-refractivity contribution >= 4 is 60.9 Å². The van der Waals surface area contributed by atoms with Crippen molar-refractivity contribution in [3.8, 4) is 5.69 Å². The first-order valence-electron chi connectivity index (χ1n) is 18.1. The zero-order chi connectivity index (χ0) is 31.8. The second-order valence-electron chi connectivity index (χ2n) is 15.2. The molecule has 49 heavy (non-hydrogen) atoms. The molecule has 0 N–H and O–H groups in total. The second kappa shape index (κ2) is 9.41. The molecule has 0 atom stereocenters. The predicted molar refractivity (Wildman–Crippen MR) is 198 cm³/mol. The van der Waals surface area contributed by atoms with E-state index in [2.05, 4.69) is 124 Å². The third-order valence-corrected chi connectivity index (χ3v) is 13.0. The monoisotopic (exact) mass is 633 g/mol. The van der Waals surface area contributed by atoms with E-state index >= 15 is 0 Å². The Morgan fingerprint density at radius 2 is 1.20 bits per heavy atom. The Hall–Kier alpha value is -5.35. The van der Waals surface area contributed by atoms with Gasteiger partial charge in [-0.2, -0.15) is 0 Å². The molecule has 3 aromatic heterocycles. The van der Waals surface area contributed by atoms with Crippen molar-refractivity contribution in [1.82, 2.24) is 9.55 Å². The topological polar surface area (TPSA) is 34.2 Å². The van der Waals surface area contributed by atoms with E-state index in [1.807, 2.05) is 18.3 Å². The number of aromatic nitrogens is 2. The molecule has 4 fully saturated rings. The van der Waals surface area contributed by atoms with E-state index < -0.39 is 0 Å². The number of fused-ring (bicyclic) bond motifs is 8. The highest BCUT2D eigenvalue weighted by Crippen LogP contribution is 2.69. The summed E-state index contributed by atoms with van der Waals surface area (Å²) in [5, 5.41) is 4.62. The summed E-state index contributed by atoms with van der Waals surface area (Å²) in [4.78, 5) is 7.21. The highest BCUT2D eigenvalue weighted by molar-refractivity contribution is 6.14. The summed E-state index contributed by atoms with van der Waals surface area (Å²) in [6, 6.07) is 45.2. The first-order chi connectivity index (χ1) is 24.3. The van der Waals surface area contributed by atoms with Gasteiger partial charge in [0.15, 0.2) is 0 Å². The fourth-order valence-electron chi connectivity index (χ4n) is 11.6. The maximum absolute atomic E-state index is 6.23. The number of furan rings is 1. The van der Waals surface area contributed by atoms with Crippen LogP contribution in [0.15, 0.2) is 132 Å². The molecule has 1 spiro atoms. The lowest BCUT2D eigenvalue weighted by Gasteiger charge is -2.64. The van der Waals surface area contributed by atoms with Crippen LogP contribution in [-0.2, 0) is 5.41 Å².